The fourth-order valence-corrected chi connectivity index (χ4v) is 4.77. The molecule has 1 heterocycles. The normalized spacial score (nSPS) is 14.9. The highest BCUT2D eigenvalue weighted by Crippen LogP contribution is 2.32. The van der Waals surface area contributed by atoms with Crippen molar-refractivity contribution in [1.82, 2.24) is 0 Å². The van der Waals surface area contributed by atoms with Gasteiger partial charge in [0.15, 0.2) is 0 Å². The summed E-state index contributed by atoms with van der Waals surface area (Å²) in [6.45, 7) is 8.64. The first kappa shape index (κ1) is 26.4. The van der Waals surface area contributed by atoms with Crippen molar-refractivity contribution < 1.29 is 4.79 Å². The summed E-state index contributed by atoms with van der Waals surface area (Å²) < 4.78 is 0. The summed E-state index contributed by atoms with van der Waals surface area (Å²) in [5, 5.41) is 4.21. The number of fused-ring (bicyclic) bond motifs is 1. The number of nitrogens with zero attached hydrogens (tertiary/aromatic N) is 1. The fourth-order valence-electron chi connectivity index (χ4n) is 4.65. The largest absolute Gasteiger partial charge is 0.361 e. The van der Waals surface area contributed by atoms with E-state index in [2.05, 4.69) is 62.2 Å². The van der Waals surface area contributed by atoms with Crippen LogP contribution in [0.5, 0.6) is 0 Å². The number of aryl methyl sites for hydroxylation is 1. The van der Waals surface area contributed by atoms with E-state index in [-0.39, 0.29) is 17.5 Å². The number of nitrogens with one attached hydrogen (secondary N) is 1. The number of benzene rings is 4. The fraction of sp³-hybridized carbons (Fsp3) is 0.171. The quantitative estimate of drug-likeness (QED) is 0.269. The first-order chi connectivity index (χ1) is 18.7. The first-order valence-corrected chi connectivity index (χ1v) is 13.4. The zero-order valence-electron chi connectivity index (χ0n) is 22.6. The molecule has 0 radical (unpaired) electrons. The molecule has 0 aromatic heterocycles. The smallest absolute Gasteiger partial charge is 0.262 e. The predicted molar refractivity (Wildman–Crippen MR) is 163 cm³/mol. The summed E-state index contributed by atoms with van der Waals surface area (Å²) >= 11 is 6.05. The molecule has 4 aromatic rings. The van der Waals surface area contributed by atoms with Gasteiger partial charge < -0.3 is 5.32 Å². The molecule has 5 rings (SSSR count). The summed E-state index contributed by atoms with van der Waals surface area (Å²) in [5.41, 5.74) is 7.57. The van der Waals surface area contributed by atoms with Gasteiger partial charge in [-0.3, -0.25) is 9.69 Å². The Hall–Kier alpha value is -4.26. The SMILES string of the molecule is Cc1cc(C#Cc2ccc(C(C)(C)C)cc2)ccc1N1C(=O)c2ccccc2NC1/C=C/c1ccc(Cl)cc1. The molecule has 1 aliphatic rings. The lowest BCUT2D eigenvalue weighted by molar-refractivity contribution is 0.0979. The van der Waals surface area contributed by atoms with Crippen molar-refractivity contribution in [3.8, 4) is 11.8 Å². The number of para-hydroxylation sites is 1. The van der Waals surface area contributed by atoms with E-state index in [4.69, 9.17) is 11.6 Å². The third kappa shape index (κ3) is 5.93. The second-order valence-electron chi connectivity index (χ2n) is 10.8. The molecule has 4 heteroatoms. The maximum absolute atomic E-state index is 13.7. The highest BCUT2D eigenvalue weighted by molar-refractivity contribution is 6.30. The van der Waals surface area contributed by atoms with Gasteiger partial charge in [0.1, 0.15) is 6.17 Å². The van der Waals surface area contributed by atoms with Crippen LogP contribution in [0.25, 0.3) is 6.08 Å². The third-order valence-corrected chi connectivity index (χ3v) is 7.11. The van der Waals surface area contributed by atoms with E-state index in [1.165, 1.54) is 5.56 Å². The molecule has 1 unspecified atom stereocenters. The van der Waals surface area contributed by atoms with E-state index in [0.717, 1.165) is 33.6 Å². The number of carbonyl (C=O) groups excluding carboxylic acids is 1. The Balaban J connectivity index is 1.45. The van der Waals surface area contributed by atoms with Crippen molar-refractivity contribution >= 4 is 35.0 Å². The average Bonchev–Trinajstić information content (AvgIpc) is 2.92. The molecule has 0 bridgehead atoms. The van der Waals surface area contributed by atoms with E-state index >= 15 is 0 Å². The van der Waals surface area contributed by atoms with Crippen LogP contribution in [0.15, 0.2) is 97.1 Å². The minimum Gasteiger partial charge on any atom is -0.361 e. The lowest BCUT2D eigenvalue weighted by atomic mass is 9.87. The van der Waals surface area contributed by atoms with E-state index in [1.807, 2.05) is 90.7 Å². The Labute approximate surface area is 236 Å². The minimum atomic E-state index is -0.361. The molecule has 0 fully saturated rings. The van der Waals surface area contributed by atoms with Gasteiger partial charge in [0, 0.05) is 27.5 Å². The van der Waals surface area contributed by atoms with Gasteiger partial charge in [-0.25, -0.2) is 0 Å². The lowest BCUT2D eigenvalue weighted by Gasteiger charge is -2.37. The van der Waals surface area contributed by atoms with Gasteiger partial charge in [0.2, 0.25) is 0 Å². The Kier molecular flexibility index (Phi) is 7.33. The second kappa shape index (κ2) is 10.8. The summed E-state index contributed by atoms with van der Waals surface area (Å²) in [6.07, 6.45) is 3.65. The monoisotopic (exact) mass is 530 g/mol. The van der Waals surface area contributed by atoms with Crippen molar-refractivity contribution in [2.45, 2.75) is 39.3 Å². The van der Waals surface area contributed by atoms with Gasteiger partial charge in [0.05, 0.1) is 5.56 Å². The lowest BCUT2D eigenvalue weighted by Crippen LogP contribution is -2.48. The summed E-state index contributed by atoms with van der Waals surface area (Å²) in [5.74, 6) is 6.52. The summed E-state index contributed by atoms with van der Waals surface area (Å²) in [7, 11) is 0. The van der Waals surface area contributed by atoms with Gasteiger partial charge in [-0.05, 0) is 89.7 Å². The van der Waals surface area contributed by atoms with Crippen molar-refractivity contribution in [3.05, 3.63) is 135 Å². The molecule has 39 heavy (non-hydrogen) atoms. The minimum absolute atomic E-state index is 0.0454. The second-order valence-corrected chi connectivity index (χ2v) is 11.2. The number of carbonyl (C=O) groups is 1. The van der Waals surface area contributed by atoms with Crippen molar-refractivity contribution in [2.75, 3.05) is 10.2 Å². The molecule has 0 saturated carbocycles. The van der Waals surface area contributed by atoms with Crippen LogP contribution in [0.2, 0.25) is 5.02 Å². The number of rotatable bonds is 3. The van der Waals surface area contributed by atoms with Gasteiger partial charge >= 0.3 is 0 Å². The average molecular weight is 531 g/mol. The Bertz CT molecular complexity index is 1600. The summed E-state index contributed by atoms with van der Waals surface area (Å²) in [6, 6.07) is 29.7. The van der Waals surface area contributed by atoms with E-state index < -0.39 is 0 Å². The van der Waals surface area contributed by atoms with Gasteiger partial charge in [-0.15, -0.1) is 0 Å². The number of halogens is 1. The van der Waals surface area contributed by atoms with Crippen LogP contribution in [-0.4, -0.2) is 12.1 Å². The number of amides is 1. The maximum Gasteiger partial charge on any atom is 0.262 e. The molecule has 4 aromatic carbocycles. The van der Waals surface area contributed by atoms with Crippen molar-refractivity contribution in [3.63, 3.8) is 0 Å². The van der Waals surface area contributed by atoms with Crippen LogP contribution in [0.4, 0.5) is 11.4 Å². The van der Waals surface area contributed by atoms with E-state index in [9.17, 15) is 4.79 Å². The van der Waals surface area contributed by atoms with Gasteiger partial charge in [-0.2, -0.15) is 0 Å². The van der Waals surface area contributed by atoms with Crippen molar-refractivity contribution in [2.24, 2.45) is 0 Å². The maximum atomic E-state index is 13.7. The molecule has 1 amide bonds. The summed E-state index contributed by atoms with van der Waals surface area (Å²) in [4.78, 5) is 15.5. The van der Waals surface area contributed by atoms with Crippen LogP contribution >= 0.6 is 11.6 Å². The Morgan fingerprint density at radius 3 is 2.23 bits per heavy atom. The number of hydrogen-bond acceptors (Lipinski definition) is 2. The van der Waals surface area contributed by atoms with Crippen LogP contribution in [0.1, 0.15) is 58.9 Å². The van der Waals surface area contributed by atoms with Crippen LogP contribution in [0.3, 0.4) is 0 Å². The molecule has 194 valence electrons. The molecule has 0 saturated heterocycles. The van der Waals surface area contributed by atoms with Crippen LogP contribution in [0, 0.1) is 18.8 Å². The predicted octanol–water partition coefficient (Wildman–Crippen LogP) is 8.46. The highest BCUT2D eigenvalue weighted by Gasteiger charge is 2.32. The van der Waals surface area contributed by atoms with Crippen LogP contribution in [-0.2, 0) is 5.41 Å². The first-order valence-electron chi connectivity index (χ1n) is 13.1. The van der Waals surface area contributed by atoms with Crippen LogP contribution < -0.4 is 10.2 Å². The molecule has 3 nitrogen and oxygen atoms in total. The van der Waals surface area contributed by atoms with Gasteiger partial charge in [0.25, 0.3) is 5.91 Å². The van der Waals surface area contributed by atoms with Gasteiger partial charge in [-0.1, -0.05) is 86.7 Å². The third-order valence-electron chi connectivity index (χ3n) is 6.86. The molecule has 1 aliphatic heterocycles. The molecule has 0 spiro atoms. The number of anilines is 2. The van der Waals surface area contributed by atoms with E-state index in [1.54, 1.807) is 0 Å². The number of hydrogen-bond donors (Lipinski definition) is 1. The highest BCUT2D eigenvalue weighted by atomic mass is 35.5. The standard InChI is InChI=1S/C35H31ClN2O/c1-24-23-27(10-9-25-11-17-28(18-12-25)35(2,3)4)15-21-32(24)38-33(22-16-26-13-19-29(36)20-14-26)37-31-8-6-5-7-30(31)34(38)39/h5-8,11-23,33,37H,1-4H3/b22-16+. The zero-order valence-corrected chi connectivity index (χ0v) is 23.4. The molecular formula is C35H31ClN2O. The molecular weight excluding hydrogens is 500 g/mol. The Morgan fingerprint density at radius 1 is 0.872 bits per heavy atom. The molecule has 1 atom stereocenters. The van der Waals surface area contributed by atoms with E-state index in [0.29, 0.717) is 10.6 Å². The zero-order chi connectivity index (χ0) is 27.6. The molecule has 1 N–H and O–H groups in total. The Morgan fingerprint density at radius 2 is 1.54 bits per heavy atom. The van der Waals surface area contributed by atoms with Crippen molar-refractivity contribution in [1.29, 1.82) is 0 Å². The molecule has 0 aliphatic carbocycles. The topological polar surface area (TPSA) is 32.3 Å².